The van der Waals surface area contributed by atoms with Crippen LogP contribution in [0.15, 0.2) is 47.4 Å². The number of rotatable bonds is 7. The molecule has 168 valence electrons. The van der Waals surface area contributed by atoms with Gasteiger partial charge in [0.25, 0.3) is 0 Å². The molecule has 1 unspecified atom stereocenters. The van der Waals surface area contributed by atoms with Crippen LogP contribution in [0.5, 0.6) is 17.2 Å². The maximum Gasteiger partial charge on any atom is 0.240 e. The van der Waals surface area contributed by atoms with E-state index in [1.165, 1.54) is 0 Å². The van der Waals surface area contributed by atoms with E-state index in [1.807, 2.05) is 6.07 Å². The topological polar surface area (TPSA) is 77.1 Å². The van der Waals surface area contributed by atoms with Crippen molar-refractivity contribution in [2.45, 2.75) is 23.8 Å². The highest BCUT2D eigenvalue weighted by Crippen LogP contribution is 2.34. The lowest BCUT2D eigenvalue weighted by molar-refractivity contribution is 0.0481. The van der Waals surface area contributed by atoms with E-state index in [-0.39, 0.29) is 11.0 Å². The molecule has 0 aliphatic carbocycles. The molecule has 2 heterocycles. The van der Waals surface area contributed by atoms with E-state index in [4.69, 9.17) is 25.8 Å². The van der Waals surface area contributed by atoms with Gasteiger partial charge in [-0.2, -0.15) is 0 Å². The second-order valence-electron chi connectivity index (χ2n) is 7.91. The van der Waals surface area contributed by atoms with Gasteiger partial charge in [0.15, 0.2) is 11.5 Å². The van der Waals surface area contributed by atoms with Gasteiger partial charge in [-0.25, -0.2) is 13.1 Å². The summed E-state index contributed by atoms with van der Waals surface area (Å²) in [5, 5.41) is 0.626. The Labute approximate surface area is 188 Å². The van der Waals surface area contributed by atoms with Crippen molar-refractivity contribution in [2.24, 2.45) is 5.92 Å². The van der Waals surface area contributed by atoms with Gasteiger partial charge in [0.2, 0.25) is 10.0 Å². The first-order valence-electron chi connectivity index (χ1n) is 10.4. The second-order valence-corrected chi connectivity index (χ2v) is 10.1. The summed E-state index contributed by atoms with van der Waals surface area (Å²) in [7, 11) is -1.97. The van der Waals surface area contributed by atoms with E-state index in [9.17, 15) is 8.42 Å². The molecule has 0 spiro atoms. The van der Waals surface area contributed by atoms with Crippen LogP contribution in [0, 0.1) is 5.92 Å². The van der Waals surface area contributed by atoms with Gasteiger partial charge >= 0.3 is 0 Å². The summed E-state index contributed by atoms with van der Waals surface area (Å²) in [6.07, 6.45) is 1.82. The quantitative estimate of drug-likeness (QED) is 0.675. The molecule has 31 heavy (non-hydrogen) atoms. The Morgan fingerprint density at radius 3 is 2.58 bits per heavy atom. The Hall–Kier alpha value is -2.00. The molecule has 1 atom stereocenters. The zero-order chi connectivity index (χ0) is 21.8. The summed E-state index contributed by atoms with van der Waals surface area (Å²) >= 11 is 6.05. The second kappa shape index (κ2) is 9.65. The summed E-state index contributed by atoms with van der Waals surface area (Å²) in [6.45, 7) is 3.53. The predicted octanol–water partition coefficient (Wildman–Crippen LogP) is 3.18. The standard InChI is InChI=1S/C22H27ClN2O5S/c1-28-18-3-5-20(6-4-18)31(26,27)24-13-16-8-10-25(11-9-16)14-19-15-29-21-7-2-17(23)12-22(21)30-19/h2-7,12,16,19,24H,8-11,13-15H2,1H3. The molecule has 1 fully saturated rings. The SMILES string of the molecule is COc1ccc(S(=O)(=O)NCC2CCN(CC3COc4ccc(Cl)cc4O3)CC2)cc1. The molecule has 0 amide bonds. The third-order valence-corrected chi connectivity index (χ3v) is 7.40. The Bertz CT molecular complexity index is 991. The van der Waals surface area contributed by atoms with Gasteiger partial charge in [-0.05, 0) is 68.2 Å². The summed E-state index contributed by atoms with van der Waals surface area (Å²) < 4.78 is 44.7. The number of benzene rings is 2. The molecule has 7 nitrogen and oxygen atoms in total. The Morgan fingerprint density at radius 2 is 1.87 bits per heavy atom. The van der Waals surface area contributed by atoms with Gasteiger partial charge in [0.1, 0.15) is 18.5 Å². The van der Waals surface area contributed by atoms with E-state index < -0.39 is 10.0 Å². The maximum atomic E-state index is 12.5. The fourth-order valence-corrected chi connectivity index (χ4v) is 5.18. The Morgan fingerprint density at radius 1 is 1.13 bits per heavy atom. The molecule has 2 aliphatic rings. The first-order valence-corrected chi connectivity index (χ1v) is 12.2. The zero-order valence-corrected chi connectivity index (χ0v) is 19.0. The highest BCUT2D eigenvalue weighted by atomic mass is 35.5. The molecular formula is C22H27ClN2O5S. The number of sulfonamides is 1. The highest BCUT2D eigenvalue weighted by molar-refractivity contribution is 7.89. The highest BCUT2D eigenvalue weighted by Gasteiger charge is 2.27. The lowest BCUT2D eigenvalue weighted by Gasteiger charge is -2.35. The lowest BCUT2D eigenvalue weighted by Crippen LogP contribution is -2.45. The van der Waals surface area contributed by atoms with Gasteiger partial charge in [0.05, 0.1) is 12.0 Å². The number of ether oxygens (including phenoxy) is 3. The van der Waals surface area contributed by atoms with Gasteiger partial charge < -0.3 is 14.2 Å². The lowest BCUT2D eigenvalue weighted by atomic mass is 9.97. The van der Waals surface area contributed by atoms with E-state index in [1.54, 1.807) is 43.5 Å². The van der Waals surface area contributed by atoms with Crippen LogP contribution in [0.2, 0.25) is 5.02 Å². The van der Waals surface area contributed by atoms with Crippen LogP contribution in [-0.4, -0.2) is 59.3 Å². The minimum Gasteiger partial charge on any atom is -0.497 e. The van der Waals surface area contributed by atoms with Crippen molar-refractivity contribution >= 4 is 21.6 Å². The number of nitrogens with one attached hydrogen (secondary N) is 1. The molecular weight excluding hydrogens is 440 g/mol. The monoisotopic (exact) mass is 466 g/mol. The van der Waals surface area contributed by atoms with Crippen LogP contribution in [0.3, 0.4) is 0 Å². The molecule has 0 bridgehead atoms. The molecule has 9 heteroatoms. The fourth-order valence-electron chi connectivity index (χ4n) is 3.91. The molecule has 4 rings (SSSR count). The average molecular weight is 467 g/mol. The Balaban J connectivity index is 1.23. The van der Waals surface area contributed by atoms with Crippen LogP contribution in [0.1, 0.15) is 12.8 Å². The zero-order valence-electron chi connectivity index (χ0n) is 17.4. The number of methoxy groups -OCH3 is 1. The van der Waals surface area contributed by atoms with Crippen LogP contribution < -0.4 is 18.9 Å². The third kappa shape index (κ3) is 5.63. The maximum absolute atomic E-state index is 12.5. The van der Waals surface area contributed by atoms with Crippen molar-refractivity contribution in [3.8, 4) is 17.2 Å². The first kappa shape index (κ1) is 22.2. The van der Waals surface area contributed by atoms with Gasteiger partial charge in [-0.3, -0.25) is 4.90 Å². The summed E-state index contributed by atoms with van der Waals surface area (Å²) in [4.78, 5) is 2.60. The largest absolute Gasteiger partial charge is 0.497 e. The minimum absolute atomic E-state index is 0.0453. The molecule has 2 aliphatic heterocycles. The van der Waals surface area contributed by atoms with E-state index in [0.717, 1.165) is 38.2 Å². The smallest absolute Gasteiger partial charge is 0.240 e. The number of halogens is 1. The molecule has 2 aromatic rings. The fraction of sp³-hybridized carbons (Fsp3) is 0.455. The number of hydrogen-bond donors (Lipinski definition) is 1. The number of nitrogens with zero attached hydrogens (tertiary/aromatic N) is 1. The number of hydrogen-bond acceptors (Lipinski definition) is 6. The van der Waals surface area contributed by atoms with E-state index in [2.05, 4.69) is 9.62 Å². The van der Waals surface area contributed by atoms with Gasteiger partial charge in [-0.1, -0.05) is 11.6 Å². The minimum atomic E-state index is -3.52. The molecule has 2 aromatic carbocycles. The van der Waals surface area contributed by atoms with Crippen molar-refractivity contribution in [1.82, 2.24) is 9.62 Å². The normalized spacial score (nSPS) is 19.9. The predicted molar refractivity (Wildman–Crippen MR) is 119 cm³/mol. The first-order chi connectivity index (χ1) is 14.9. The molecule has 1 saturated heterocycles. The number of likely N-dealkylation sites (tertiary alicyclic amines) is 1. The third-order valence-electron chi connectivity index (χ3n) is 5.72. The molecule has 0 radical (unpaired) electrons. The van der Waals surface area contributed by atoms with Crippen molar-refractivity contribution in [3.63, 3.8) is 0 Å². The number of piperidine rings is 1. The van der Waals surface area contributed by atoms with Crippen molar-refractivity contribution < 1.29 is 22.6 Å². The van der Waals surface area contributed by atoms with E-state index in [0.29, 0.717) is 35.6 Å². The van der Waals surface area contributed by atoms with Gasteiger partial charge in [0, 0.05) is 24.2 Å². The summed E-state index contributed by atoms with van der Waals surface area (Å²) in [5.74, 6) is 2.35. The molecule has 0 aromatic heterocycles. The van der Waals surface area contributed by atoms with Crippen LogP contribution >= 0.6 is 11.6 Å². The number of fused-ring (bicyclic) bond motifs is 1. The molecule has 1 N–H and O–H groups in total. The van der Waals surface area contributed by atoms with Crippen molar-refractivity contribution in [3.05, 3.63) is 47.5 Å². The molecule has 0 saturated carbocycles. The van der Waals surface area contributed by atoms with Crippen LogP contribution in [0.25, 0.3) is 0 Å². The summed E-state index contributed by atoms with van der Waals surface area (Å²) in [5.41, 5.74) is 0. The van der Waals surface area contributed by atoms with Crippen molar-refractivity contribution in [2.75, 3.05) is 39.9 Å². The van der Waals surface area contributed by atoms with Crippen LogP contribution in [0.4, 0.5) is 0 Å². The average Bonchev–Trinajstić information content (AvgIpc) is 2.78. The summed E-state index contributed by atoms with van der Waals surface area (Å²) in [6, 6.07) is 11.8. The Kier molecular flexibility index (Phi) is 6.91. The van der Waals surface area contributed by atoms with Crippen LogP contribution in [-0.2, 0) is 10.0 Å². The van der Waals surface area contributed by atoms with Crippen molar-refractivity contribution in [1.29, 1.82) is 0 Å². The van der Waals surface area contributed by atoms with Gasteiger partial charge in [-0.15, -0.1) is 0 Å². The van der Waals surface area contributed by atoms with E-state index >= 15 is 0 Å².